The third kappa shape index (κ3) is 7.30. The van der Waals surface area contributed by atoms with Crippen molar-refractivity contribution in [1.82, 2.24) is 5.32 Å². The van der Waals surface area contributed by atoms with Crippen molar-refractivity contribution in [3.05, 3.63) is 0 Å². The van der Waals surface area contributed by atoms with Gasteiger partial charge in [-0.1, -0.05) is 13.8 Å². The molecule has 5 heteroatoms. The van der Waals surface area contributed by atoms with Crippen LogP contribution in [0.5, 0.6) is 0 Å². The normalized spacial score (nSPS) is 13.1. The number of rotatable bonds is 9. The Bertz CT molecular complexity index is 174. The summed E-state index contributed by atoms with van der Waals surface area (Å²) >= 11 is 0. The number of ether oxygens (including phenoxy) is 2. The van der Waals surface area contributed by atoms with Crippen LogP contribution >= 0.6 is 0 Å². The number of methoxy groups -OCH3 is 1. The van der Waals surface area contributed by atoms with Gasteiger partial charge in [-0.25, -0.2) is 0 Å². The minimum atomic E-state index is -0.318. The van der Waals surface area contributed by atoms with E-state index in [1.165, 1.54) is 0 Å². The standard InChI is InChI=1S/C10H22N2O3/c1-8(2)9(10(11)13)12-4-5-15-7-6-14-3/h8-9,12H,4-7H2,1-3H3,(H2,11,13). The van der Waals surface area contributed by atoms with Crippen LogP contribution in [0.2, 0.25) is 0 Å². The van der Waals surface area contributed by atoms with Crippen molar-refractivity contribution in [2.75, 3.05) is 33.5 Å². The van der Waals surface area contributed by atoms with E-state index in [-0.39, 0.29) is 17.9 Å². The molecule has 0 aliphatic carbocycles. The zero-order valence-corrected chi connectivity index (χ0v) is 9.79. The number of primary amides is 1. The van der Waals surface area contributed by atoms with Crippen molar-refractivity contribution >= 4 is 5.91 Å². The molecule has 0 aromatic heterocycles. The second-order valence-electron chi connectivity index (χ2n) is 3.68. The highest BCUT2D eigenvalue weighted by atomic mass is 16.5. The molecule has 0 aliphatic heterocycles. The molecule has 0 aliphatic rings. The maximum Gasteiger partial charge on any atom is 0.234 e. The lowest BCUT2D eigenvalue weighted by Gasteiger charge is -2.18. The predicted octanol–water partition coefficient (Wildman–Crippen LogP) is -0.251. The average molecular weight is 218 g/mol. The smallest absolute Gasteiger partial charge is 0.234 e. The van der Waals surface area contributed by atoms with Gasteiger partial charge in [0.15, 0.2) is 0 Å². The van der Waals surface area contributed by atoms with Gasteiger partial charge in [-0.2, -0.15) is 0 Å². The van der Waals surface area contributed by atoms with E-state index in [4.69, 9.17) is 15.2 Å². The first-order chi connectivity index (χ1) is 7.09. The Hall–Kier alpha value is -0.650. The molecule has 0 heterocycles. The summed E-state index contributed by atoms with van der Waals surface area (Å²) in [7, 11) is 1.63. The SMILES string of the molecule is COCCOCCNC(C(N)=O)C(C)C. The number of carbonyl (C=O) groups excluding carboxylic acids is 1. The van der Waals surface area contributed by atoms with Crippen molar-refractivity contribution in [1.29, 1.82) is 0 Å². The molecule has 0 aromatic carbocycles. The summed E-state index contributed by atoms with van der Waals surface area (Å²) in [4.78, 5) is 11.0. The highest BCUT2D eigenvalue weighted by Crippen LogP contribution is 1.99. The fraction of sp³-hybridized carbons (Fsp3) is 0.900. The molecule has 15 heavy (non-hydrogen) atoms. The van der Waals surface area contributed by atoms with E-state index in [9.17, 15) is 4.79 Å². The summed E-state index contributed by atoms with van der Waals surface area (Å²) in [5.41, 5.74) is 5.24. The second-order valence-corrected chi connectivity index (χ2v) is 3.68. The summed E-state index contributed by atoms with van der Waals surface area (Å²) in [6.07, 6.45) is 0. The van der Waals surface area contributed by atoms with Gasteiger partial charge >= 0.3 is 0 Å². The molecular formula is C10H22N2O3. The number of hydrogen-bond acceptors (Lipinski definition) is 4. The second kappa shape index (κ2) is 8.64. The summed E-state index contributed by atoms with van der Waals surface area (Å²) in [5, 5.41) is 3.06. The van der Waals surface area contributed by atoms with E-state index < -0.39 is 0 Å². The predicted molar refractivity (Wildman–Crippen MR) is 58.5 cm³/mol. The minimum absolute atomic E-state index is 0.196. The summed E-state index contributed by atoms with van der Waals surface area (Å²) < 4.78 is 10.1. The van der Waals surface area contributed by atoms with Crippen molar-refractivity contribution in [3.63, 3.8) is 0 Å². The highest BCUT2D eigenvalue weighted by molar-refractivity contribution is 5.80. The van der Waals surface area contributed by atoms with Crippen molar-refractivity contribution in [2.24, 2.45) is 11.7 Å². The third-order valence-electron chi connectivity index (χ3n) is 2.02. The molecule has 0 saturated carbocycles. The van der Waals surface area contributed by atoms with Gasteiger partial charge in [0, 0.05) is 13.7 Å². The van der Waals surface area contributed by atoms with Gasteiger partial charge in [0.2, 0.25) is 5.91 Å². The number of hydrogen-bond donors (Lipinski definition) is 2. The maximum absolute atomic E-state index is 11.0. The summed E-state index contributed by atoms with van der Waals surface area (Å²) in [6, 6.07) is -0.281. The van der Waals surface area contributed by atoms with Crippen molar-refractivity contribution < 1.29 is 14.3 Å². The minimum Gasteiger partial charge on any atom is -0.382 e. The fourth-order valence-electron chi connectivity index (χ4n) is 1.20. The Balaban J connectivity index is 3.50. The molecule has 1 unspecified atom stereocenters. The summed E-state index contributed by atoms with van der Waals surface area (Å²) in [6.45, 7) is 6.24. The van der Waals surface area contributed by atoms with E-state index in [2.05, 4.69) is 5.32 Å². The van der Waals surface area contributed by atoms with Crippen LogP contribution < -0.4 is 11.1 Å². The third-order valence-corrected chi connectivity index (χ3v) is 2.02. The highest BCUT2D eigenvalue weighted by Gasteiger charge is 2.17. The molecule has 5 nitrogen and oxygen atoms in total. The van der Waals surface area contributed by atoms with Gasteiger partial charge in [-0.05, 0) is 5.92 Å². The maximum atomic E-state index is 11.0. The van der Waals surface area contributed by atoms with Crippen molar-refractivity contribution in [2.45, 2.75) is 19.9 Å². The lowest BCUT2D eigenvalue weighted by molar-refractivity contribution is -0.121. The first-order valence-electron chi connectivity index (χ1n) is 5.19. The molecule has 90 valence electrons. The quantitative estimate of drug-likeness (QED) is 0.523. The van der Waals surface area contributed by atoms with E-state index in [0.29, 0.717) is 26.4 Å². The van der Waals surface area contributed by atoms with E-state index >= 15 is 0 Å². The van der Waals surface area contributed by atoms with Gasteiger partial charge in [-0.15, -0.1) is 0 Å². The average Bonchev–Trinajstić information content (AvgIpc) is 2.15. The molecule has 1 amide bonds. The monoisotopic (exact) mass is 218 g/mol. The number of nitrogens with two attached hydrogens (primary N) is 1. The first kappa shape index (κ1) is 14.3. The van der Waals surface area contributed by atoms with Gasteiger partial charge < -0.3 is 20.5 Å². The van der Waals surface area contributed by atoms with Crippen LogP contribution in [-0.4, -0.2) is 45.4 Å². The summed E-state index contributed by atoms with van der Waals surface area (Å²) in [5.74, 6) is -0.122. The Morgan fingerprint density at radius 1 is 1.33 bits per heavy atom. The van der Waals surface area contributed by atoms with Crippen LogP contribution in [0.1, 0.15) is 13.8 Å². The largest absolute Gasteiger partial charge is 0.382 e. The number of carbonyl (C=O) groups is 1. The molecule has 3 N–H and O–H groups in total. The lowest BCUT2D eigenvalue weighted by atomic mass is 10.0. The van der Waals surface area contributed by atoms with Crippen molar-refractivity contribution in [3.8, 4) is 0 Å². The lowest BCUT2D eigenvalue weighted by Crippen LogP contribution is -2.46. The molecule has 0 fully saturated rings. The zero-order valence-electron chi connectivity index (χ0n) is 9.79. The van der Waals surface area contributed by atoms with E-state index in [0.717, 1.165) is 0 Å². The Labute approximate surface area is 91.3 Å². The molecule has 0 bridgehead atoms. The van der Waals surface area contributed by atoms with Gasteiger partial charge in [0.25, 0.3) is 0 Å². The molecule has 0 aromatic rings. The number of amides is 1. The zero-order chi connectivity index (χ0) is 11.7. The molecule has 0 saturated heterocycles. The van der Waals surface area contributed by atoms with E-state index in [1.54, 1.807) is 7.11 Å². The Kier molecular flexibility index (Phi) is 8.27. The van der Waals surface area contributed by atoms with Crippen LogP contribution in [0.15, 0.2) is 0 Å². The van der Waals surface area contributed by atoms with Crippen LogP contribution in [0.3, 0.4) is 0 Å². The molecular weight excluding hydrogens is 196 g/mol. The number of nitrogens with one attached hydrogen (secondary N) is 1. The topological polar surface area (TPSA) is 73.6 Å². The molecule has 0 spiro atoms. The van der Waals surface area contributed by atoms with Gasteiger partial charge in [0.1, 0.15) is 0 Å². The van der Waals surface area contributed by atoms with Gasteiger partial charge in [0.05, 0.1) is 25.9 Å². The Morgan fingerprint density at radius 2 is 2.00 bits per heavy atom. The van der Waals surface area contributed by atoms with Crippen LogP contribution in [0.4, 0.5) is 0 Å². The van der Waals surface area contributed by atoms with Gasteiger partial charge in [-0.3, -0.25) is 4.79 Å². The fourth-order valence-corrected chi connectivity index (χ4v) is 1.20. The van der Waals surface area contributed by atoms with Crippen LogP contribution in [0.25, 0.3) is 0 Å². The van der Waals surface area contributed by atoms with E-state index in [1.807, 2.05) is 13.8 Å². The molecule has 0 radical (unpaired) electrons. The first-order valence-corrected chi connectivity index (χ1v) is 5.19. The van der Waals surface area contributed by atoms with Crippen LogP contribution in [0, 0.1) is 5.92 Å². The van der Waals surface area contributed by atoms with Crippen LogP contribution in [-0.2, 0) is 14.3 Å². The molecule has 1 atom stereocenters. The molecule has 0 rings (SSSR count). The Morgan fingerprint density at radius 3 is 2.47 bits per heavy atom.